The van der Waals surface area contributed by atoms with Gasteiger partial charge in [0.2, 0.25) is 5.91 Å². The van der Waals surface area contributed by atoms with Crippen molar-refractivity contribution in [2.75, 3.05) is 36.4 Å². The highest BCUT2D eigenvalue weighted by Crippen LogP contribution is 2.26. The van der Waals surface area contributed by atoms with Gasteiger partial charge in [0.25, 0.3) is 5.91 Å². The van der Waals surface area contributed by atoms with Crippen LogP contribution in [0.5, 0.6) is 0 Å². The molecule has 1 aliphatic rings. The van der Waals surface area contributed by atoms with E-state index in [0.29, 0.717) is 29.6 Å². The first kappa shape index (κ1) is 24.4. The van der Waals surface area contributed by atoms with Crippen molar-refractivity contribution in [3.8, 4) is 11.3 Å². The molecule has 1 saturated heterocycles. The van der Waals surface area contributed by atoms with Gasteiger partial charge in [-0.3, -0.25) is 9.59 Å². The van der Waals surface area contributed by atoms with E-state index in [1.807, 2.05) is 77.7 Å². The molecule has 0 spiro atoms. The highest BCUT2D eigenvalue weighted by molar-refractivity contribution is 6.30. The van der Waals surface area contributed by atoms with Gasteiger partial charge in [-0.1, -0.05) is 54.1 Å². The van der Waals surface area contributed by atoms with Gasteiger partial charge in [0.1, 0.15) is 5.76 Å². The summed E-state index contributed by atoms with van der Waals surface area (Å²) < 4.78 is 5.73. The van der Waals surface area contributed by atoms with E-state index < -0.39 is 0 Å². The van der Waals surface area contributed by atoms with Crippen LogP contribution in [-0.2, 0) is 4.79 Å². The summed E-state index contributed by atoms with van der Waals surface area (Å²) in [4.78, 5) is 29.3. The zero-order valence-electron chi connectivity index (χ0n) is 20.1. The fourth-order valence-electron chi connectivity index (χ4n) is 4.23. The number of piperazine rings is 1. The first-order valence-electron chi connectivity index (χ1n) is 12.1. The number of rotatable bonds is 6. The van der Waals surface area contributed by atoms with Crippen molar-refractivity contribution in [2.24, 2.45) is 0 Å². The van der Waals surface area contributed by atoms with Gasteiger partial charge >= 0.3 is 0 Å². The van der Waals surface area contributed by atoms with Crippen molar-refractivity contribution < 1.29 is 14.0 Å². The Balaban J connectivity index is 1.14. The molecule has 1 N–H and O–H groups in total. The Hall–Kier alpha value is -4.29. The highest BCUT2D eigenvalue weighted by atomic mass is 35.5. The van der Waals surface area contributed by atoms with Gasteiger partial charge in [0.15, 0.2) is 5.76 Å². The summed E-state index contributed by atoms with van der Waals surface area (Å²) in [5, 5.41) is 3.48. The molecule has 1 fully saturated rings. The van der Waals surface area contributed by atoms with Crippen LogP contribution in [0.25, 0.3) is 17.4 Å². The van der Waals surface area contributed by atoms with E-state index in [-0.39, 0.29) is 17.6 Å². The predicted molar refractivity (Wildman–Crippen MR) is 148 cm³/mol. The standard InChI is InChI=1S/C30H26ClN3O3/c31-24-8-4-7-23(21-24)27-14-15-28(37-27)30(36)32-25-10-12-26(13-11-25)33-17-19-34(20-18-33)29(35)16-9-22-5-2-1-3-6-22/h1-16,21H,17-20H2,(H,32,36)/b16-9+. The lowest BCUT2D eigenvalue weighted by Gasteiger charge is -2.35. The van der Waals surface area contributed by atoms with E-state index in [9.17, 15) is 9.59 Å². The van der Waals surface area contributed by atoms with Crippen LogP contribution in [0.2, 0.25) is 5.02 Å². The number of carbonyl (C=O) groups excluding carboxylic acids is 2. The molecule has 5 rings (SSSR count). The normalized spacial score (nSPS) is 13.6. The van der Waals surface area contributed by atoms with Crippen LogP contribution in [0.15, 0.2) is 101 Å². The summed E-state index contributed by atoms with van der Waals surface area (Å²) >= 11 is 6.05. The molecule has 0 unspecified atom stereocenters. The second kappa shape index (κ2) is 11.2. The van der Waals surface area contributed by atoms with E-state index >= 15 is 0 Å². The van der Waals surface area contributed by atoms with E-state index in [1.54, 1.807) is 30.3 Å². The fourth-order valence-corrected chi connectivity index (χ4v) is 4.42. The number of hydrogen-bond donors (Lipinski definition) is 1. The number of amides is 2. The zero-order valence-corrected chi connectivity index (χ0v) is 20.9. The number of furan rings is 1. The summed E-state index contributed by atoms with van der Waals surface area (Å²) in [6.45, 7) is 2.80. The third-order valence-electron chi connectivity index (χ3n) is 6.24. The van der Waals surface area contributed by atoms with Crippen molar-refractivity contribution in [1.29, 1.82) is 0 Å². The Morgan fingerprint density at radius 1 is 0.838 bits per heavy atom. The molecule has 3 aromatic carbocycles. The lowest BCUT2D eigenvalue weighted by atomic mass is 10.2. The van der Waals surface area contributed by atoms with Crippen LogP contribution in [0.4, 0.5) is 11.4 Å². The number of benzene rings is 3. The van der Waals surface area contributed by atoms with Gasteiger partial charge < -0.3 is 19.5 Å². The van der Waals surface area contributed by atoms with Gasteiger partial charge in [-0.15, -0.1) is 0 Å². The van der Waals surface area contributed by atoms with Gasteiger partial charge in [0, 0.05) is 54.2 Å². The molecular formula is C30H26ClN3O3. The van der Waals surface area contributed by atoms with Gasteiger partial charge in [-0.25, -0.2) is 0 Å². The number of nitrogens with zero attached hydrogens (tertiary/aromatic N) is 2. The molecule has 0 bridgehead atoms. The number of carbonyl (C=O) groups is 2. The lowest BCUT2D eigenvalue weighted by molar-refractivity contribution is -0.126. The van der Waals surface area contributed by atoms with E-state index in [2.05, 4.69) is 10.2 Å². The minimum absolute atomic E-state index is 0.0259. The third kappa shape index (κ3) is 6.11. The van der Waals surface area contributed by atoms with Crippen molar-refractivity contribution in [2.45, 2.75) is 0 Å². The minimum atomic E-state index is -0.322. The molecule has 1 aromatic heterocycles. The monoisotopic (exact) mass is 511 g/mol. The van der Waals surface area contributed by atoms with E-state index in [4.69, 9.17) is 16.0 Å². The third-order valence-corrected chi connectivity index (χ3v) is 6.47. The van der Waals surface area contributed by atoms with Crippen molar-refractivity contribution in [3.63, 3.8) is 0 Å². The molecule has 6 nitrogen and oxygen atoms in total. The molecule has 2 heterocycles. The minimum Gasteiger partial charge on any atom is -0.451 e. The quantitative estimate of drug-likeness (QED) is 0.312. The fraction of sp³-hybridized carbons (Fsp3) is 0.133. The maximum Gasteiger partial charge on any atom is 0.291 e. The molecule has 0 atom stereocenters. The zero-order chi connectivity index (χ0) is 25.6. The SMILES string of the molecule is O=C(Nc1ccc(N2CCN(C(=O)/C=C/c3ccccc3)CC2)cc1)c1ccc(-c2cccc(Cl)c2)o1. The molecular weight excluding hydrogens is 486 g/mol. The van der Waals surface area contributed by atoms with Crippen LogP contribution >= 0.6 is 11.6 Å². The van der Waals surface area contributed by atoms with Gasteiger partial charge in [-0.2, -0.15) is 0 Å². The molecule has 4 aromatic rings. The first-order chi connectivity index (χ1) is 18.0. The Kier molecular flexibility index (Phi) is 7.38. The topological polar surface area (TPSA) is 65.8 Å². The average Bonchev–Trinajstić information content (AvgIpc) is 3.44. The molecule has 37 heavy (non-hydrogen) atoms. The van der Waals surface area contributed by atoms with Crippen molar-refractivity contribution in [3.05, 3.63) is 113 Å². The van der Waals surface area contributed by atoms with Crippen molar-refractivity contribution in [1.82, 2.24) is 4.90 Å². The van der Waals surface area contributed by atoms with Crippen molar-refractivity contribution >= 4 is 40.9 Å². The molecule has 1 aliphatic heterocycles. The summed E-state index contributed by atoms with van der Waals surface area (Å²) in [5.41, 5.74) is 3.54. The molecule has 7 heteroatoms. The van der Waals surface area contributed by atoms with E-state index in [1.165, 1.54) is 0 Å². The van der Waals surface area contributed by atoms with Crippen LogP contribution < -0.4 is 10.2 Å². The average molecular weight is 512 g/mol. The Labute approximate surface area is 220 Å². The van der Waals surface area contributed by atoms with Crippen LogP contribution in [0.1, 0.15) is 16.1 Å². The number of hydrogen-bond acceptors (Lipinski definition) is 4. The maximum atomic E-state index is 12.7. The first-order valence-corrected chi connectivity index (χ1v) is 12.5. The Bertz CT molecular complexity index is 1410. The van der Waals surface area contributed by atoms with Crippen LogP contribution in [0, 0.1) is 0 Å². The second-order valence-electron chi connectivity index (χ2n) is 8.73. The number of nitrogens with one attached hydrogen (secondary N) is 1. The summed E-state index contributed by atoms with van der Waals surface area (Å²) in [7, 11) is 0. The predicted octanol–water partition coefficient (Wildman–Crippen LogP) is 6.21. The molecule has 186 valence electrons. The highest BCUT2D eigenvalue weighted by Gasteiger charge is 2.20. The number of halogens is 1. The lowest BCUT2D eigenvalue weighted by Crippen LogP contribution is -2.48. The maximum absolute atomic E-state index is 12.7. The summed E-state index contributed by atoms with van der Waals surface area (Å²) in [6.07, 6.45) is 3.49. The summed E-state index contributed by atoms with van der Waals surface area (Å²) in [6, 6.07) is 28.2. The van der Waals surface area contributed by atoms with Crippen LogP contribution in [-0.4, -0.2) is 42.9 Å². The summed E-state index contributed by atoms with van der Waals surface area (Å²) in [5.74, 6) is 0.507. The Morgan fingerprint density at radius 2 is 1.59 bits per heavy atom. The van der Waals surface area contributed by atoms with E-state index in [0.717, 1.165) is 29.9 Å². The smallest absolute Gasteiger partial charge is 0.291 e. The van der Waals surface area contributed by atoms with Crippen LogP contribution in [0.3, 0.4) is 0 Å². The Morgan fingerprint density at radius 3 is 2.32 bits per heavy atom. The van der Waals surface area contributed by atoms with Gasteiger partial charge in [0.05, 0.1) is 0 Å². The largest absolute Gasteiger partial charge is 0.451 e. The number of anilines is 2. The molecule has 0 radical (unpaired) electrons. The molecule has 0 aliphatic carbocycles. The van der Waals surface area contributed by atoms with Gasteiger partial charge in [-0.05, 0) is 60.2 Å². The molecule has 2 amide bonds. The second-order valence-corrected chi connectivity index (χ2v) is 9.17. The molecule has 0 saturated carbocycles.